The Morgan fingerprint density at radius 3 is 2.52 bits per heavy atom. The predicted octanol–water partition coefficient (Wildman–Crippen LogP) is 1.17. The quantitative estimate of drug-likeness (QED) is 0.667. The highest BCUT2D eigenvalue weighted by Crippen LogP contribution is 2.15. The highest BCUT2D eigenvalue weighted by molar-refractivity contribution is 6.04. The zero-order valence-corrected chi connectivity index (χ0v) is 12.6. The number of nitrogens with one attached hydrogen (secondary N) is 1. The van der Waals surface area contributed by atoms with E-state index in [1.54, 1.807) is 30.9 Å². The van der Waals surface area contributed by atoms with Gasteiger partial charge >= 0.3 is 0 Å². The summed E-state index contributed by atoms with van der Waals surface area (Å²) in [6.45, 7) is 5.55. The van der Waals surface area contributed by atoms with Gasteiger partial charge < -0.3 is 0 Å². The molecule has 1 aliphatic rings. The lowest BCUT2D eigenvalue weighted by Crippen LogP contribution is -2.60. The molecule has 112 valence electrons. The summed E-state index contributed by atoms with van der Waals surface area (Å²) in [6, 6.07) is 6.45. The fraction of sp³-hybridized carbons (Fsp3) is 0.438. The van der Waals surface area contributed by atoms with Crippen molar-refractivity contribution in [3.05, 3.63) is 35.4 Å². The average Bonchev–Trinajstić information content (AvgIpc) is 2.49. The van der Waals surface area contributed by atoms with E-state index in [1.165, 1.54) is 5.56 Å². The molecule has 5 nitrogen and oxygen atoms in total. The third kappa shape index (κ3) is 3.19. The first-order chi connectivity index (χ1) is 9.93. The Morgan fingerprint density at radius 2 is 1.95 bits per heavy atom. The third-order valence-electron chi connectivity index (χ3n) is 3.99. The van der Waals surface area contributed by atoms with Gasteiger partial charge in [0.1, 0.15) is 0 Å². The van der Waals surface area contributed by atoms with Crippen molar-refractivity contribution in [1.82, 2.24) is 10.2 Å². The van der Waals surface area contributed by atoms with E-state index in [-0.39, 0.29) is 24.1 Å². The summed E-state index contributed by atoms with van der Waals surface area (Å²) in [6.07, 6.45) is 0.919. The van der Waals surface area contributed by atoms with Gasteiger partial charge in [0.25, 0.3) is 0 Å². The van der Waals surface area contributed by atoms with Crippen LogP contribution in [0.1, 0.15) is 36.7 Å². The van der Waals surface area contributed by atoms with Gasteiger partial charge in [-0.15, -0.1) is 0 Å². The molecule has 5 heteroatoms. The fourth-order valence-corrected chi connectivity index (χ4v) is 2.50. The minimum atomic E-state index is -0.512. The van der Waals surface area contributed by atoms with Crippen LogP contribution in [-0.2, 0) is 16.0 Å². The van der Waals surface area contributed by atoms with E-state index in [1.807, 2.05) is 12.1 Å². The van der Waals surface area contributed by atoms with Crippen LogP contribution in [0.15, 0.2) is 24.3 Å². The lowest BCUT2D eigenvalue weighted by molar-refractivity contribution is -0.140. The molecule has 0 saturated carbocycles. The van der Waals surface area contributed by atoms with Crippen molar-refractivity contribution in [1.29, 1.82) is 0 Å². The van der Waals surface area contributed by atoms with Crippen LogP contribution in [0.25, 0.3) is 0 Å². The van der Waals surface area contributed by atoms with Gasteiger partial charge in [0.15, 0.2) is 5.78 Å². The summed E-state index contributed by atoms with van der Waals surface area (Å²) < 4.78 is 0. The molecular weight excluding hydrogens is 268 g/mol. The Kier molecular flexibility index (Phi) is 4.53. The number of hydrogen-bond donors (Lipinski definition) is 1. The van der Waals surface area contributed by atoms with Crippen molar-refractivity contribution in [3.8, 4) is 0 Å². The van der Waals surface area contributed by atoms with E-state index >= 15 is 0 Å². The lowest BCUT2D eigenvalue weighted by atomic mass is 10.00. The van der Waals surface area contributed by atoms with Gasteiger partial charge in [0, 0.05) is 5.56 Å². The van der Waals surface area contributed by atoms with Gasteiger partial charge in [-0.3, -0.25) is 24.6 Å². The van der Waals surface area contributed by atoms with Crippen LogP contribution >= 0.6 is 0 Å². The number of carbonyl (C=O) groups is 3. The van der Waals surface area contributed by atoms with Gasteiger partial charge in [-0.05, 0) is 25.8 Å². The van der Waals surface area contributed by atoms with Crippen molar-refractivity contribution in [2.75, 3.05) is 6.54 Å². The Morgan fingerprint density at radius 1 is 1.33 bits per heavy atom. The number of Topliss-reactive ketones (excluding diaryl/α,β-unsaturated/α-hetero) is 1. The maximum Gasteiger partial charge on any atom is 0.243 e. The Bertz CT molecular complexity index is 565. The number of nitrogens with zero attached hydrogens (tertiary/aromatic N) is 1. The number of imide groups is 1. The van der Waals surface area contributed by atoms with Gasteiger partial charge in [-0.25, -0.2) is 0 Å². The van der Waals surface area contributed by atoms with Crippen LogP contribution in [0, 0.1) is 0 Å². The first-order valence-electron chi connectivity index (χ1n) is 7.16. The normalized spacial score (nSPS) is 21.0. The molecule has 0 radical (unpaired) electrons. The van der Waals surface area contributed by atoms with E-state index in [0.29, 0.717) is 5.56 Å². The molecule has 1 N–H and O–H groups in total. The number of piperazine rings is 1. The van der Waals surface area contributed by atoms with Crippen LogP contribution in [0.5, 0.6) is 0 Å². The van der Waals surface area contributed by atoms with E-state index in [0.717, 1.165) is 6.42 Å². The van der Waals surface area contributed by atoms with E-state index in [9.17, 15) is 14.4 Å². The largest absolute Gasteiger partial charge is 0.294 e. The van der Waals surface area contributed by atoms with Gasteiger partial charge in [-0.1, -0.05) is 31.2 Å². The van der Waals surface area contributed by atoms with Crippen molar-refractivity contribution in [2.24, 2.45) is 0 Å². The van der Waals surface area contributed by atoms with E-state index in [4.69, 9.17) is 0 Å². The zero-order valence-electron chi connectivity index (χ0n) is 12.6. The molecule has 0 aromatic heterocycles. The van der Waals surface area contributed by atoms with Crippen LogP contribution < -0.4 is 5.32 Å². The first kappa shape index (κ1) is 15.4. The summed E-state index contributed by atoms with van der Waals surface area (Å²) in [4.78, 5) is 37.3. The number of carbonyl (C=O) groups excluding carboxylic acids is 3. The van der Waals surface area contributed by atoms with Crippen LogP contribution in [0.2, 0.25) is 0 Å². The first-order valence-corrected chi connectivity index (χ1v) is 7.16. The summed E-state index contributed by atoms with van der Waals surface area (Å²) >= 11 is 0. The maximum absolute atomic E-state index is 12.5. The molecular formula is C16H20N2O3. The molecule has 1 aromatic carbocycles. The molecule has 0 bridgehead atoms. The summed E-state index contributed by atoms with van der Waals surface area (Å²) in [5.74, 6) is -0.793. The Labute approximate surface area is 124 Å². The molecule has 0 spiro atoms. The molecule has 2 rings (SSSR count). The molecule has 1 saturated heterocycles. The standard InChI is InChI=1S/C16H20N2O3/c1-4-12-5-7-13(8-6-12)15(20)10(2)18-9-14(19)17-16(21)11(18)3/h5-8,10-11H,4,9H2,1-3H3,(H,17,19,21). The predicted molar refractivity (Wildman–Crippen MR) is 78.9 cm³/mol. The zero-order chi connectivity index (χ0) is 15.6. The topological polar surface area (TPSA) is 66.5 Å². The Hall–Kier alpha value is -2.01. The lowest BCUT2D eigenvalue weighted by Gasteiger charge is -2.35. The van der Waals surface area contributed by atoms with Crippen LogP contribution in [0.3, 0.4) is 0 Å². The second-order valence-corrected chi connectivity index (χ2v) is 5.35. The highest BCUT2D eigenvalue weighted by atomic mass is 16.2. The molecule has 2 unspecified atom stereocenters. The minimum absolute atomic E-state index is 0.0624. The van der Waals surface area contributed by atoms with Gasteiger partial charge in [-0.2, -0.15) is 0 Å². The number of amides is 2. The Balaban J connectivity index is 2.17. The maximum atomic E-state index is 12.5. The highest BCUT2D eigenvalue weighted by Gasteiger charge is 2.35. The number of rotatable bonds is 4. The van der Waals surface area contributed by atoms with Crippen LogP contribution in [-0.4, -0.2) is 41.1 Å². The summed E-state index contributed by atoms with van der Waals surface area (Å²) in [7, 11) is 0. The van der Waals surface area contributed by atoms with Crippen molar-refractivity contribution in [2.45, 2.75) is 39.3 Å². The smallest absolute Gasteiger partial charge is 0.243 e. The molecule has 1 fully saturated rings. The number of aryl methyl sites for hydroxylation is 1. The number of benzene rings is 1. The summed E-state index contributed by atoms with van der Waals surface area (Å²) in [5.41, 5.74) is 1.77. The minimum Gasteiger partial charge on any atom is -0.294 e. The van der Waals surface area contributed by atoms with Gasteiger partial charge in [0.05, 0.1) is 18.6 Å². The van der Waals surface area contributed by atoms with Crippen molar-refractivity contribution in [3.63, 3.8) is 0 Å². The van der Waals surface area contributed by atoms with Crippen molar-refractivity contribution >= 4 is 17.6 Å². The van der Waals surface area contributed by atoms with Gasteiger partial charge in [0.2, 0.25) is 11.8 Å². The molecule has 21 heavy (non-hydrogen) atoms. The fourth-order valence-electron chi connectivity index (χ4n) is 2.50. The van der Waals surface area contributed by atoms with Crippen molar-refractivity contribution < 1.29 is 14.4 Å². The number of ketones is 1. The third-order valence-corrected chi connectivity index (χ3v) is 3.99. The SMILES string of the molecule is CCc1ccc(C(=O)C(C)N2CC(=O)NC(=O)C2C)cc1. The van der Waals surface area contributed by atoms with Crippen LogP contribution in [0.4, 0.5) is 0 Å². The molecule has 2 amide bonds. The number of hydrogen-bond acceptors (Lipinski definition) is 4. The average molecular weight is 288 g/mol. The molecule has 1 heterocycles. The molecule has 1 aromatic rings. The monoisotopic (exact) mass is 288 g/mol. The van der Waals surface area contributed by atoms with E-state index in [2.05, 4.69) is 12.2 Å². The summed E-state index contributed by atoms with van der Waals surface area (Å²) in [5, 5.41) is 2.28. The molecule has 2 atom stereocenters. The van der Waals surface area contributed by atoms with E-state index < -0.39 is 12.1 Å². The molecule has 0 aliphatic carbocycles. The molecule has 1 aliphatic heterocycles. The second-order valence-electron chi connectivity index (χ2n) is 5.35. The second kappa shape index (κ2) is 6.18.